The van der Waals surface area contributed by atoms with Crippen molar-refractivity contribution in [1.82, 2.24) is 10.2 Å². The highest BCUT2D eigenvalue weighted by Crippen LogP contribution is 2.19. The second kappa shape index (κ2) is 7.17. The maximum absolute atomic E-state index is 11.9. The Morgan fingerprint density at radius 2 is 1.91 bits per heavy atom. The van der Waals surface area contributed by atoms with Crippen molar-refractivity contribution in [3.05, 3.63) is 35.4 Å². The van der Waals surface area contributed by atoms with E-state index in [0.29, 0.717) is 0 Å². The molecule has 1 atom stereocenters. The quantitative estimate of drug-likeness (QED) is 0.794. The molecule has 6 nitrogen and oxygen atoms in total. The third-order valence-electron chi connectivity index (χ3n) is 3.76. The van der Waals surface area contributed by atoms with Crippen molar-refractivity contribution in [3.63, 3.8) is 0 Å². The Kier molecular flexibility index (Phi) is 5.27. The molecule has 2 rings (SSSR count). The van der Waals surface area contributed by atoms with Crippen LogP contribution in [0.25, 0.3) is 0 Å². The van der Waals surface area contributed by atoms with Crippen molar-refractivity contribution in [2.75, 3.05) is 20.2 Å². The third kappa shape index (κ3) is 3.71. The minimum Gasteiger partial charge on any atom is -0.375 e. The van der Waals surface area contributed by atoms with Gasteiger partial charge in [0.05, 0.1) is 6.10 Å². The predicted octanol–water partition coefficient (Wildman–Crippen LogP) is 0.948. The van der Waals surface area contributed by atoms with Gasteiger partial charge in [-0.05, 0) is 18.1 Å². The molecule has 6 heteroatoms. The van der Waals surface area contributed by atoms with Crippen LogP contribution in [-0.4, -0.2) is 42.8 Å². The summed E-state index contributed by atoms with van der Waals surface area (Å²) in [6.07, 6.45) is 0.113. The van der Waals surface area contributed by atoms with Gasteiger partial charge in [0.25, 0.3) is 0 Å². The molecule has 1 unspecified atom stereocenters. The second-order valence-corrected chi connectivity index (χ2v) is 5.26. The zero-order valence-electron chi connectivity index (χ0n) is 12.8. The highest BCUT2D eigenvalue weighted by molar-refractivity contribution is 6.04. The Bertz CT molecular complexity index is 569. The van der Waals surface area contributed by atoms with Gasteiger partial charge in [-0.2, -0.15) is 0 Å². The summed E-state index contributed by atoms with van der Waals surface area (Å²) in [4.78, 5) is 35.9. The van der Waals surface area contributed by atoms with Crippen LogP contribution in [0.5, 0.6) is 0 Å². The number of hydrogen-bond acceptors (Lipinski definition) is 4. The Morgan fingerprint density at radius 3 is 2.50 bits per heavy atom. The molecule has 0 bridgehead atoms. The molecule has 118 valence electrons. The fourth-order valence-electron chi connectivity index (χ4n) is 2.47. The molecule has 1 fully saturated rings. The van der Waals surface area contributed by atoms with Gasteiger partial charge in [0.15, 0.2) is 0 Å². The van der Waals surface area contributed by atoms with Gasteiger partial charge in [0.2, 0.25) is 17.7 Å². The number of likely N-dealkylation sites (tertiary alicyclic amines) is 1. The van der Waals surface area contributed by atoms with Crippen LogP contribution in [-0.2, 0) is 19.1 Å². The summed E-state index contributed by atoms with van der Waals surface area (Å²) in [6.45, 7) is 2.04. The monoisotopic (exact) mass is 304 g/mol. The van der Waals surface area contributed by atoms with Crippen LogP contribution in [0.4, 0.5) is 0 Å². The van der Waals surface area contributed by atoms with Crippen LogP contribution in [0.3, 0.4) is 0 Å². The molecule has 0 spiro atoms. The molecule has 0 saturated carbocycles. The van der Waals surface area contributed by atoms with Gasteiger partial charge in [-0.1, -0.05) is 24.3 Å². The van der Waals surface area contributed by atoms with Crippen molar-refractivity contribution in [1.29, 1.82) is 0 Å². The summed E-state index contributed by atoms with van der Waals surface area (Å²) in [5, 5.41) is 2.72. The Morgan fingerprint density at radius 1 is 1.27 bits per heavy atom. The van der Waals surface area contributed by atoms with Crippen molar-refractivity contribution in [2.24, 2.45) is 0 Å². The Balaban J connectivity index is 1.91. The van der Waals surface area contributed by atoms with E-state index in [1.54, 1.807) is 7.11 Å². The number of carbonyl (C=O) groups excluding carboxylic acids is 3. The van der Waals surface area contributed by atoms with Gasteiger partial charge >= 0.3 is 0 Å². The molecule has 0 radical (unpaired) electrons. The highest BCUT2D eigenvalue weighted by Gasteiger charge is 2.30. The maximum Gasteiger partial charge on any atom is 0.240 e. The molecule has 3 amide bonds. The number of carbonyl (C=O) groups is 3. The van der Waals surface area contributed by atoms with Gasteiger partial charge in [0.1, 0.15) is 6.54 Å². The molecule has 0 aliphatic carbocycles. The number of rotatable bonds is 6. The first-order valence-corrected chi connectivity index (χ1v) is 7.21. The lowest BCUT2D eigenvalue weighted by atomic mass is 10.0. The average Bonchev–Trinajstić information content (AvgIpc) is 2.81. The molecule has 1 saturated heterocycles. The first-order valence-electron chi connectivity index (χ1n) is 7.21. The van der Waals surface area contributed by atoms with Crippen LogP contribution in [0.2, 0.25) is 0 Å². The smallest absolute Gasteiger partial charge is 0.240 e. The highest BCUT2D eigenvalue weighted by atomic mass is 16.5. The predicted molar refractivity (Wildman–Crippen MR) is 79.9 cm³/mol. The van der Waals surface area contributed by atoms with Crippen LogP contribution < -0.4 is 5.32 Å². The molecular formula is C16H20N2O4. The average molecular weight is 304 g/mol. The van der Waals surface area contributed by atoms with E-state index in [1.165, 1.54) is 0 Å². The molecule has 1 heterocycles. The molecule has 1 aliphatic rings. The lowest BCUT2D eigenvalue weighted by molar-refractivity contribution is -0.142. The van der Waals surface area contributed by atoms with Gasteiger partial charge in [0, 0.05) is 26.5 Å². The van der Waals surface area contributed by atoms with E-state index in [1.807, 2.05) is 31.2 Å². The number of nitrogens with one attached hydrogen (secondary N) is 1. The lowest BCUT2D eigenvalue weighted by Gasteiger charge is -2.19. The van der Waals surface area contributed by atoms with Crippen LogP contribution in [0.15, 0.2) is 24.3 Å². The van der Waals surface area contributed by atoms with E-state index in [9.17, 15) is 14.4 Å². The van der Waals surface area contributed by atoms with Gasteiger partial charge in [-0.25, -0.2) is 0 Å². The summed E-state index contributed by atoms with van der Waals surface area (Å²) >= 11 is 0. The molecule has 1 aromatic carbocycles. The number of methoxy groups -OCH3 is 1. The van der Waals surface area contributed by atoms with Crippen molar-refractivity contribution >= 4 is 17.7 Å². The molecule has 0 aromatic heterocycles. The topological polar surface area (TPSA) is 75.7 Å². The van der Waals surface area contributed by atoms with Crippen molar-refractivity contribution in [3.8, 4) is 0 Å². The summed E-state index contributed by atoms with van der Waals surface area (Å²) in [7, 11) is 1.58. The molecule has 1 aliphatic heterocycles. The number of benzene rings is 1. The number of imide groups is 1. The summed E-state index contributed by atoms with van der Waals surface area (Å²) in [5.41, 5.74) is 2.08. The number of hydrogen-bond donors (Lipinski definition) is 1. The SMILES string of the molecule is COC(CNC(=O)CN1C(=O)CCC1=O)c1ccccc1C. The van der Waals surface area contributed by atoms with Gasteiger partial charge in [-0.15, -0.1) is 0 Å². The minimum absolute atomic E-state index is 0.190. The van der Waals surface area contributed by atoms with E-state index >= 15 is 0 Å². The molecule has 22 heavy (non-hydrogen) atoms. The fraction of sp³-hybridized carbons (Fsp3) is 0.438. The lowest BCUT2D eigenvalue weighted by Crippen LogP contribution is -2.41. The van der Waals surface area contributed by atoms with E-state index in [-0.39, 0.29) is 49.8 Å². The number of aryl methyl sites for hydroxylation is 1. The molecule has 1 aromatic rings. The summed E-state index contributed by atoms with van der Waals surface area (Å²) in [5.74, 6) is -0.941. The van der Waals surface area contributed by atoms with Gasteiger partial charge < -0.3 is 10.1 Å². The van der Waals surface area contributed by atoms with Crippen LogP contribution in [0.1, 0.15) is 30.1 Å². The Hall–Kier alpha value is -2.21. The second-order valence-electron chi connectivity index (χ2n) is 5.26. The zero-order valence-corrected chi connectivity index (χ0v) is 12.8. The van der Waals surface area contributed by atoms with Crippen LogP contribution in [0, 0.1) is 6.92 Å². The first-order chi connectivity index (χ1) is 10.5. The van der Waals surface area contributed by atoms with Crippen molar-refractivity contribution in [2.45, 2.75) is 25.9 Å². The van der Waals surface area contributed by atoms with Gasteiger partial charge in [-0.3, -0.25) is 19.3 Å². The van der Waals surface area contributed by atoms with E-state index in [0.717, 1.165) is 16.0 Å². The normalized spacial score (nSPS) is 16.0. The number of nitrogens with zero attached hydrogens (tertiary/aromatic N) is 1. The molecule has 1 N–H and O–H groups in total. The van der Waals surface area contributed by atoms with E-state index in [4.69, 9.17) is 4.74 Å². The number of ether oxygens (including phenoxy) is 1. The van der Waals surface area contributed by atoms with E-state index < -0.39 is 0 Å². The van der Waals surface area contributed by atoms with Crippen molar-refractivity contribution < 1.29 is 19.1 Å². The molecular weight excluding hydrogens is 284 g/mol. The first kappa shape index (κ1) is 16.2. The summed E-state index contributed by atoms with van der Waals surface area (Å²) in [6, 6.07) is 7.78. The third-order valence-corrected chi connectivity index (χ3v) is 3.76. The number of amides is 3. The van der Waals surface area contributed by atoms with Crippen LogP contribution >= 0.6 is 0 Å². The minimum atomic E-state index is -0.362. The Labute approximate surface area is 129 Å². The largest absolute Gasteiger partial charge is 0.375 e. The van der Waals surface area contributed by atoms with E-state index in [2.05, 4.69) is 5.32 Å². The standard InChI is InChI=1S/C16H20N2O4/c1-11-5-3-4-6-12(11)13(22-2)9-17-14(19)10-18-15(20)7-8-16(18)21/h3-6,13H,7-10H2,1-2H3,(H,17,19). The fourth-order valence-corrected chi connectivity index (χ4v) is 2.47. The zero-order chi connectivity index (χ0) is 16.1. The summed E-state index contributed by atoms with van der Waals surface area (Å²) < 4.78 is 5.42. The maximum atomic E-state index is 11.9.